The molecule has 0 aliphatic carbocycles. The van der Waals surface area contributed by atoms with Crippen LogP contribution in [0.4, 0.5) is 0 Å². The van der Waals surface area contributed by atoms with Crippen LogP contribution in [0.1, 0.15) is 5.56 Å². The number of hydrogen-bond donors (Lipinski definition) is 0. The summed E-state index contributed by atoms with van der Waals surface area (Å²) in [5.41, 5.74) is 3.48. The first-order valence-corrected chi connectivity index (χ1v) is 7.46. The zero-order valence-corrected chi connectivity index (χ0v) is 13.5. The van der Waals surface area contributed by atoms with Crippen LogP contribution in [0.3, 0.4) is 0 Å². The lowest BCUT2D eigenvalue weighted by molar-refractivity contribution is 1.44. The van der Waals surface area contributed by atoms with Crippen molar-refractivity contribution in [1.29, 1.82) is 0 Å². The number of nitrogens with zero attached hydrogens (tertiary/aromatic N) is 1. The van der Waals surface area contributed by atoms with E-state index in [1.807, 2.05) is 0 Å². The van der Waals surface area contributed by atoms with Crippen LogP contribution in [0, 0.1) is 14.1 Å². The van der Waals surface area contributed by atoms with Crippen molar-refractivity contribution in [3.63, 3.8) is 0 Å². The van der Waals surface area contributed by atoms with Crippen LogP contribution >= 0.6 is 45.2 Å². The van der Waals surface area contributed by atoms with Gasteiger partial charge in [0.1, 0.15) is 0 Å². The SMILES string of the molecule is Cc1c2cc(I)ccc2nc2ccc(I)cc12. The smallest absolute Gasteiger partial charge is 0.0713 e. The average Bonchev–Trinajstić information content (AvgIpc) is 2.32. The van der Waals surface area contributed by atoms with E-state index in [0.717, 1.165) is 11.0 Å². The molecule has 1 heterocycles. The third kappa shape index (κ3) is 2.03. The van der Waals surface area contributed by atoms with E-state index in [1.54, 1.807) is 0 Å². The summed E-state index contributed by atoms with van der Waals surface area (Å²) < 4.78 is 2.51. The molecule has 0 radical (unpaired) electrons. The third-order valence-corrected chi connectivity index (χ3v) is 4.31. The van der Waals surface area contributed by atoms with E-state index in [0.29, 0.717) is 0 Å². The standard InChI is InChI=1S/C14H9I2N/c1-8-11-6-9(15)2-4-13(11)17-14-5-3-10(16)7-12(8)14/h2-7H,1H3. The van der Waals surface area contributed by atoms with Gasteiger partial charge in [-0.05, 0) is 94.1 Å². The highest BCUT2D eigenvalue weighted by atomic mass is 127. The molecule has 1 aromatic heterocycles. The molecule has 0 amide bonds. The lowest BCUT2D eigenvalue weighted by atomic mass is 10.0. The van der Waals surface area contributed by atoms with Gasteiger partial charge in [0.25, 0.3) is 0 Å². The van der Waals surface area contributed by atoms with Crippen LogP contribution in [0.15, 0.2) is 36.4 Å². The fourth-order valence-electron chi connectivity index (χ4n) is 2.09. The highest BCUT2D eigenvalue weighted by Crippen LogP contribution is 2.27. The maximum atomic E-state index is 4.71. The second kappa shape index (κ2) is 4.35. The number of rotatable bonds is 0. The Balaban J connectivity index is 2.53. The molecule has 84 valence electrons. The van der Waals surface area contributed by atoms with Crippen molar-refractivity contribution < 1.29 is 0 Å². The average molecular weight is 445 g/mol. The maximum absolute atomic E-state index is 4.71. The van der Waals surface area contributed by atoms with Gasteiger partial charge in [0.15, 0.2) is 0 Å². The summed E-state index contributed by atoms with van der Waals surface area (Å²) in [5.74, 6) is 0. The predicted octanol–water partition coefficient (Wildman–Crippen LogP) is 4.91. The second-order valence-corrected chi connectivity index (χ2v) is 6.55. The summed E-state index contributed by atoms with van der Waals surface area (Å²) in [6.07, 6.45) is 0. The van der Waals surface area contributed by atoms with Gasteiger partial charge in [-0.3, -0.25) is 0 Å². The Bertz CT molecular complexity index is 675. The maximum Gasteiger partial charge on any atom is 0.0713 e. The van der Waals surface area contributed by atoms with Crippen molar-refractivity contribution in [3.8, 4) is 0 Å². The van der Waals surface area contributed by atoms with Crippen LogP contribution < -0.4 is 0 Å². The first-order chi connectivity index (χ1) is 8.15. The van der Waals surface area contributed by atoms with Gasteiger partial charge in [0.05, 0.1) is 11.0 Å². The first kappa shape index (κ1) is 11.6. The van der Waals surface area contributed by atoms with Crippen molar-refractivity contribution in [2.45, 2.75) is 6.92 Å². The van der Waals surface area contributed by atoms with Gasteiger partial charge in [0.2, 0.25) is 0 Å². The molecular formula is C14H9I2N. The Morgan fingerprint density at radius 1 is 0.824 bits per heavy atom. The molecule has 0 atom stereocenters. The summed E-state index contributed by atoms with van der Waals surface area (Å²) in [5, 5.41) is 2.51. The fraction of sp³-hybridized carbons (Fsp3) is 0.0714. The molecule has 0 aliphatic heterocycles. The van der Waals surface area contributed by atoms with Crippen molar-refractivity contribution >= 4 is 67.0 Å². The zero-order valence-electron chi connectivity index (χ0n) is 9.17. The van der Waals surface area contributed by atoms with Gasteiger partial charge in [-0.2, -0.15) is 0 Å². The molecular weight excluding hydrogens is 436 g/mol. The van der Waals surface area contributed by atoms with E-state index < -0.39 is 0 Å². The zero-order chi connectivity index (χ0) is 12.0. The van der Waals surface area contributed by atoms with Gasteiger partial charge in [-0.15, -0.1) is 0 Å². The normalized spacial score (nSPS) is 11.2. The number of hydrogen-bond acceptors (Lipinski definition) is 1. The summed E-state index contributed by atoms with van der Waals surface area (Å²) in [4.78, 5) is 4.71. The molecule has 2 aromatic carbocycles. The molecule has 3 aromatic rings. The van der Waals surface area contributed by atoms with Gasteiger partial charge in [0, 0.05) is 17.9 Å². The fourth-order valence-corrected chi connectivity index (χ4v) is 3.07. The Kier molecular flexibility index (Phi) is 2.98. The molecule has 3 rings (SSSR count). The minimum atomic E-state index is 1.08. The summed E-state index contributed by atoms with van der Waals surface area (Å²) >= 11 is 4.69. The Morgan fingerprint density at radius 3 is 1.76 bits per heavy atom. The Hall–Kier alpha value is -0.430. The largest absolute Gasteiger partial charge is 0.248 e. The van der Waals surface area contributed by atoms with Gasteiger partial charge >= 0.3 is 0 Å². The Morgan fingerprint density at radius 2 is 1.29 bits per heavy atom. The highest BCUT2D eigenvalue weighted by molar-refractivity contribution is 14.1. The molecule has 0 saturated heterocycles. The third-order valence-electron chi connectivity index (χ3n) is 2.97. The second-order valence-electron chi connectivity index (χ2n) is 4.06. The number of aryl methyl sites for hydroxylation is 1. The van der Waals surface area contributed by atoms with Crippen molar-refractivity contribution in [2.75, 3.05) is 0 Å². The van der Waals surface area contributed by atoms with Gasteiger partial charge in [-0.1, -0.05) is 0 Å². The van der Waals surface area contributed by atoms with Gasteiger partial charge < -0.3 is 0 Å². The van der Waals surface area contributed by atoms with E-state index in [-0.39, 0.29) is 0 Å². The molecule has 0 aliphatic rings. The predicted molar refractivity (Wildman–Crippen MR) is 89.4 cm³/mol. The van der Waals surface area contributed by atoms with Crippen LogP contribution in [-0.2, 0) is 0 Å². The number of pyridine rings is 1. The van der Waals surface area contributed by atoms with Crippen molar-refractivity contribution in [3.05, 3.63) is 49.1 Å². The highest BCUT2D eigenvalue weighted by Gasteiger charge is 2.06. The molecule has 1 nitrogen and oxygen atoms in total. The summed E-state index contributed by atoms with van der Waals surface area (Å²) in [7, 11) is 0. The van der Waals surface area contributed by atoms with Crippen LogP contribution in [0.2, 0.25) is 0 Å². The van der Waals surface area contributed by atoms with Gasteiger partial charge in [-0.25, -0.2) is 4.98 Å². The first-order valence-electron chi connectivity index (χ1n) is 5.30. The van der Waals surface area contributed by atoms with Crippen LogP contribution in [0.25, 0.3) is 21.8 Å². The van der Waals surface area contributed by atoms with Crippen LogP contribution in [0.5, 0.6) is 0 Å². The number of benzene rings is 2. The minimum absolute atomic E-state index is 1.08. The minimum Gasteiger partial charge on any atom is -0.248 e. The quantitative estimate of drug-likeness (QED) is 0.355. The number of halogens is 2. The van der Waals surface area contributed by atoms with E-state index >= 15 is 0 Å². The molecule has 3 heteroatoms. The molecule has 17 heavy (non-hydrogen) atoms. The van der Waals surface area contributed by atoms with E-state index in [1.165, 1.54) is 23.5 Å². The lowest BCUT2D eigenvalue weighted by Crippen LogP contribution is -1.89. The number of aromatic nitrogens is 1. The summed E-state index contributed by atoms with van der Waals surface area (Å²) in [6, 6.07) is 12.8. The monoisotopic (exact) mass is 445 g/mol. The molecule has 0 fully saturated rings. The van der Waals surface area contributed by atoms with Crippen molar-refractivity contribution in [1.82, 2.24) is 4.98 Å². The molecule has 0 spiro atoms. The molecule has 0 unspecified atom stereocenters. The Labute approximate surface area is 127 Å². The van der Waals surface area contributed by atoms with E-state index in [9.17, 15) is 0 Å². The number of fused-ring (bicyclic) bond motifs is 2. The van der Waals surface area contributed by atoms with E-state index in [2.05, 4.69) is 88.5 Å². The van der Waals surface area contributed by atoms with Crippen LogP contribution in [-0.4, -0.2) is 4.98 Å². The molecule has 0 bridgehead atoms. The van der Waals surface area contributed by atoms with Crippen molar-refractivity contribution in [2.24, 2.45) is 0 Å². The lowest BCUT2D eigenvalue weighted by Gasteiger charge is -2.07. The topological polar surface area (TPSA) is 12.9 Å². The van der Waals surface area contributed by atoms with E-state index in [4.69, 9.17) is 4.98 Å². The molecule has 0 N–H and O–H groups in total. The summed E-state index contributed by atoms with van der Waals surface area (Å²) in [6.45, 7) is 2.18. The molecule has 0 saturated carbocycles.